The number of fused-ring (bicyclic) bond motifs is 1. The summed E-state index contributed by atoms with van der Waals surface area (Å²) in [4.78, 5) is 0. The summed E-state index contributed by atoms with van der Waals surface area (Å²) >= 11 is 0. The van der Waals surface area contributed by atoms with Crippen molar-refractivity contribution < 1.29 is 0 Å². The maximum atomic E-state index is 6.14. The van der Waals surface area contributed by atoms with Gasteiger partial charge in [0.25, 0.3) is 0 Å². The van der Waals surface area contributed by atoms with Gasteiger partial charge in [-0.05, 0) is 121 Å². The largest absolute Gasteiger partial charge is 0.115 e. The van der Waals surface area contributed by atoms with Gasteiger partial charge >= 0.3 is 0 Å². The van der Waals surface area contributed by atoms with E-state index in [1.165, 1.54) is 66.4 Å². The van der Waals surface area contributed by atoms with Gasteiger partial charge in [0.2, 0.25) is 0 Å². The summed E-state index contributed by atoms with van der Waals surface area (Å²) in [5.41, 5.74) is 14.9. The fourth-order valence-corrected chi connectivity index (χ4v) is 5.09. The zero-order chi connectivity index (χ0) is 25.3. The fraction of sp³-hybridized carbons (Fsp3) is 0.222. The van der Waals surface area contributed by atoms with E-state index in [2.05, 4.69) is 127 Å². The molecule has 0 N–H and O–H groups in total. The highest BCUT2D eigenvalue weighted by Crippen LogP contribution is 2.41. The quantitative estimate of drug-likeness (QED) is 0.205. The van der Waals surface area contributed by atoms with Gasteiger partial charge in [0.05, 0.1) is 0 Å². The maximum absolute atomic E-state index is 6.14. The van der Waals surface area contributed by atoms with Gasteiger partial charge in [0, 0.05) is 11.1 Å². The van der Waals surface area contributed by atoms with Crippen molar-refractivity contribution in [2.75, 3.05) is 0 Å². The number of rotatable bonds is 4. The molecule has 0 aliphatic carbocycles. The van der Waals surface area contributed by atoms with E-state index in [0.29, 0.717) is 0 Å². The van der Waals surface area contributed by atoms with Crippen LogP contribution in [0.25, 0.3) is 33.0 Å². The molecule has 0 amide bonds. The summed E-state index contributed by atoms with van der Waals surface area (Å²) in [6.45, 7) is 15.3. The number of aryl methyl sites for hydroxylation is 2. The van der Waals surface area contributed by atoms with Crippen LogP contribution in [0.1, 0.15) is 58.9 Å². The van der Waals surface area contributed by atoms with Gasteiger partial charge in [-0.1, -0.05) is 80.1 Å². The highest BCUT2D eigenvalue weighted by Gasteiger charge is 2.18. The Morgan fingerprint density at radius 3 is 1.94 bits per heavy atom. The smallest absolute Gasteiger partial charge is 0.0324 e. The lowest BCUT2D eigenvalue weighted by molar-refractivity contribution is 1.31. The minimum absolute atomic E-state index is 0. The van der Waals surface area contributed by atoms with E-state index in [1.807, 2.05) is 0 Å². The van der Waals surface area contributed by atoms with Crippen LogP contribution in [0, 0.1) is 53.9 Å². The van der Waals surface area contributed by atoms with Gasteiger partial charge in [0.1, 0.15) is 0 Å². The Bertz CT molecular complexity index is 1550. The number of terminal acetylenes is 1. The molecule has 0 saturated carbocycles. The monoisotopic (exact) mass is 470 g/mol. The number of hydrogen-bond donors (Lipinski definition) is 0. The number of benzene rings is 4. The van der Waals surface area contributed by atoms with Crippen molar-refractivity contribution in [3.05, 3.63) is 117 Å². The second-order valence-corrected chi connectivity index (χ2v) is 9.61. The van der Waals surface area contributed by atoms with Crippen molar-refractivity contribution >= 4 is 21.9 Å². The summed E-state index contributed by atoms with van der Waals surface area (Å²) in [6.07, 6.45) is 10.4. The van der Waals surface area contributed by atoms with E-state index in [9.17, 15) is 0 Å². The molecule has 0 spiro atoms. The lowest BCUT2D eigenvalue weighted by Gasteiger charge is -2.21. The van der Waals surface area contributed by atoms with Crippen molar-refractivity contribution in [3.63, 3.8) is 0 Å². The number of allylic oxidation sites excluding steroid dienone is 4. The van der Waals surface area contributed by atoms with Gasteiger partial charge in [0.15, 0.2) is 0 Å². The minimum Gasteiger partial charge on any atom is -0.115 e. The van der Waals surface area contributed by atoms with Crippen LogP contribution in [0.4, 0.5) is 0 Å². The third kappa shape index (κ3) is 4.67. The predicted molar refractivity (Wildman–Crippen MR) is 161 cm³/mol. The second-order valence-electron chi connectivity index (χ2n) is 9.61. The molecule has 0 atom stereocenters. The molecule has 4 aromatic carbocycles. The van der Waals surface area contributed by atoms with Gasteiger partial charge < -0.3 is 0 Å². The molecule has 0 bridgehead atoms. The molecule has 0 aromatic heterocycles. The summed E-state index contributed by atoms with van der Waals surface area (Å²) in [5, 5.41) is 2.45. The Kier molecular flexibility index (Phi) is 8.07. The predicted octanol–water partition coefficient (Wildman–Crippen LogP) is 10.1. The third-order valence-corrected chi connectivity index (χ3v) is 7.61. The topological polar surface area (TPSA) is 0 Å². The van der Waals surface area contributed by atoms with Gasteiger partial charge in [-0.3, -0.25) is 0 Å². The Morgan fingerprint density at radius 1 is 0.667 bits per heavy atom. The van der Waals surface area contributed by atoms with Crippen LogP contribution in [-0.4, -0.2) is 0 Å². The SMILES string of the molecule is C.C#C/C(=C\C=C(/C)c1cccc(C)c1C)c1c(C)c(C)c(-c2cccc(C)c2C)c2ccccc12. The Labute approximate surface area is 218 Å². The van der Waals surface area contributed by atoms with Crippen LogP contribution >= 0.6 is 0 Å². The summed E-state index contributed by atoms with van der Waals surface area (Å²) in [5.74, 6) is 3.01. The second kappa shape index (κ2) is 10.8. The van der Waals surface area contributed by atoms with Gasteiger partial charge in [-0.15, -0.1) is 6.42 Å². The first-order chi connectivity index (χ1) is 16.8. The average molecular weight is 471 g/mol. The molecule has 0 nitrogen and oxygen atoms in total. The molecule has 182 valence electrons. The van der Waals surface area contributed by atoms with E-state index in [1.54, 1.807) is 0 Å². The highest BCUT2D eigenvalue weighted by molar-refractivity contribution is 6.07. The first-order valence-electron chi connectivity index (χ1n) is 12.3. The van der Waals surface area contributed by atoms with E-state index in [4.69, 9.17) is 6.42 Å². The van der Waals surface area contributed by atoms with E-state index in [-0.39, 0.29) is 7.43 Å². The normalized spacial score (nSPS) is 11.8. The lowest BCUT2D eigenvalue weighted by atomic mass is 9.83. The summed E-state index contributed by atoms with van der Waals surface area (Å²) in [7, 11) is 0. The first-order valence-corrected chi connectivity index (χ1v) is 12.3. The molecule has 0 unspecified atom stereocenters. The van der Waals surface area contributed by atoms with Crippen LogP contribution in [0.15, 0.2) is 72.8 Å². The summed E-state index contributed by atoms with van der Waals surface area (Å²) < 4.78 is 0. The molecular formula is C36H38. The van der Waals surface area contributed by atoms with Crippen molar-refractivity contribution in [2.24, 2.45) is 0 Å². The van der Waals surface area contributed by atoms with Crippen LogP contribution < -0.4 is 0 Å². The van der Waals surface area contributed by atoms with Crippen molar-refractivity contribution in [1.82, 2.24) is 0 Å². The van der Waals surface area contributed by atoms with E-state index >= 15 is 0 Å². The highest BCUT2D eigenvalue weighted by atomic mass is 14.2. The molecule has 4 aromatic rings. The van der Waals surface area contributed by atoms with Crippen LogP contribution in [0.3, 0.4) is 0 Å². The zero-order valence-electron chi connectivity index (χ0n) is 22.0. The van der Waals surface area contributed by atoms with Crippen molar-refractivity contribution in [1.29, 1.82) is 0 Å². The van der Waals surface area contributed by atoms with Crippen molar-refractivity contribution in [2.45, 2.75) is 55.9 Å². The molecule has 0 radical (unpaired) electrons. The molecule has 0 aliphatic rings. The Balaban J connectivity index is 0.00000361. The van der Waals surface area contributed by atoms with Crippen molar-refractivity contribution in [3.8, 4) is 23.5 Å². The molecular weight excluding hydrogens is 432 g/mol. The molecule has 0 fully saturated rings. The molecule has 0 heterocycles. The van der Waals surface area contributed by atoms with E-state index < -0.39 is 0 Å². The minimum atomic E-state index is 0. The first kappa shape index (κ1) is 26.8. The zero-order valence-corrected chi connectivity index (χ0v) is 22.0. The molecule has 0 aliphatic heterocycles. The van der Waals surface area contributed by atoms with Crippen LogP contribution in [0.2, 0.25) is 0 Å². The Morgan fingerprint density at radius 2 is 1.28 bits per heavy atom. The van der Waals surface area contributed by atoms with Crippen LogP contribution in [-0.2, 0) is 0 Å². The molecule has 36 heavy (non-hydrogen) atoms. The van der Waals surface area contributed by atoms with Gasteiger partial charge in [-0.25, -0.2) is 0 Å². The van der Waals surface area contributed by atoms with Gasteiger partial charge in [-0.2, -0.15) is 0 Å². The van der Waals surface area contributed by atoms with Crippen LogP contribution in [0.5, 0.6) is 0 Å². The third-order valence-electron chi connectivity index (χ3n) is 7.61. The molecule has 4 rings (SSSR count). The molecule has 0 heteroatoms. The fourth-order valence-electron chi connectivity index (χ4n) is 5.09. The molecule has 0 saturated heterocycles. The Hall–Kier alpha value is -3.82. The summed E-state index contributed by atoms with van der Waals surface area (Å²) in [6, 6.07) is 21.7. The average Bonchev–Trinajstić information content (AvgIpc) is 2.85. The van der Waals surface area contributed by atoms with E-state index in [0.717, 1.165) is 11.1 Å². The lowest BCUT2D eigenvalue weighted by Crippen LogP contribution is -1.99. The maximum Gasteiger partial charge on any atom is 0.0324 e. The number of hydrogen-bond acceptors (Lipinski definition) is 0. The standard InChI is InChI=1S/C35H34.CH4/c1-9-29(21-20-24(4)30-18-12-14-22(2)25(30)5)34-27(7)28(8)35(33-17-11-10-16-32(33)34)31-19-13-15-23(3)26(31)6;/h1,10-21H,2-8H3;1H4/b24-20+,29-21+;.